The quantitative estimate of drug-likeness (QED) is 0.516. The van der Waals surface area contributed by atoms with E-state index in [1.165, 1.54) is 11.1 Å². The van der Waals surface area contributed by atoms with E-state index in [2.05, 4.69) is 31.0 Å². The Bertz CT molecular complexity index is 932. The fourth-order valence-corrected chi connectivity index (χ4v) is 4.53. The van der Waals surface area contributed by atoms with Crippen LogP contribution in [0.25, 0.3) is 20.2 Å². The van der Waals surface area contributed by atoms with Gasteiger partial charge in [-0.25, -0.2) is 0 Å². The predicted octanol–water partition coefficient (Wildman–Crippen LogP) is 3.94. The summed E-state index contributed by atoms with van der Waals surface area (Å²) in [5.41, 5.74) is 8.15. The molecule has 132 valence electrons. The molecule has 0 aliphatic carbocycles. The van der Waals surface area contributed by atoms with Crippen LogP contribution in [-0.2, 0) is 6.42 Å². The molecule has 1 heterocycles. The number of benzene rings is 2. The summed E-state index contributed by atoms with van der Waals surface area (Å²) in [5.74, 6) is 0. The van der Waals surface area contributed by atoms with Crippen molar-refractivity contribution in [3.05, 3.63) is 57.7 Å². The molecule has 3 rings (SSSR count). The normalized spacial score (nSPS) is 11.7. The maximum absolute atomic E-state index is 13.1. The molecular weight excluding hydrogens is 328 g/mol. The van der Waals surface area contributed by atoms with Gasteiger partial charge in [-0.2, -0.15) is 0 Å². The minimum atomic E-state index is 0.184. The summed E-state index contributed by atoms with van der Waals surface area (Å²) < 4.78 is 2.21. The molecule has 1 aromatic heterocycles. The summed E-state index contributed by atoms with van der Waals surface area (Å²) in [6.07, 6.45) is 3.16. The highest BCUT2D eigenvalue weighted by molar-refractivity contribution is 7.24. The van der Waals surface area contributed by atoms with Gasteiger partial charge >= 0.3 is 0 Å². The molecule has 0 fully saturated rings. The number of fused-ring (bicyclic) bond motifs is 2. The van der Waals surface area contributed by atoms with Crippen LogP contribution in [0.4, 0.5) is 0 Å². The van der Waals surface area contributed by atoms with Crippen molar-refractivity contribution >= 4 is 31.5 Å². The molecule has 3 nitrogen and oxygen atoms in total. The van der Waals surface area contributed by atoms with Crippen LogP contribution in [0, 0.1) is 6.92 Å². The standard InChI is InChI=1S/C21H26N2OS/c1-15-10-11-16(7-5-6-13-23(2)14-12-22)19-20(24)17-8-3-4-9-18(17)25-21(15)19/h3-4,8-11H,5-7,12-14,22H2,1-2H3. The molecule has 0 spiro atoms. The molecule has 0 radical (unpaired) electrons. The summed E-state index contributed by atoms with van der Waals surface area (Å²) in [7, 11) is 2.11. The monoisotopic (exact) mass is 354 g/mol. The lowest BCUT2D eigenvalue weighted by Crippen LogP contribution is -2.26. The number of likely N-dealkylation sites (N-methyl/N-ethyl adjacent to an activating group) is 1. The molecule has 0 amide bonds. The van der Waals surface area contributed by atoms with E-state index in [1.807, 2.05) is 24.3 Å². The van der Waals surface area contributed by atoms with E-state index < -0.39 is 0 Å². The zero-order valence-electron chi connectivity index (χ0n) is 15.0. The van der Waals surface area contributed by atoms with Gasteiger partial charge in [-0.3, -0.25) is 4.79 Å². The Morgan fingerprint density at radius 1 is 1.08 bits per heavy atom. The number of aryl methyl sites for hydroxylation is 2. The first kappa shape index (κ1) is 18.1. The van der Waals surface area contributed by atoms with Gasteiger partial charge in [-0.1, -0.05) is 24.3 Å². The van der Waals surface area contributed by atoms with Gasteiger partial charge in [0.1, 0.15) is 0 Å². The van der Waals surface area contributed by atoms with Crippen molar-refractivity contribution < 1.29 is 0 Å². The summed E-state index contributed by atoms with van der Waals surface area (Å²) in [6.45, 7) is 4.79. The maximum Gasteiger partial charge on any atom is 0.196 e. The number of nitrogens with zero attached hydrogens (tertiary/aromatic N) is 1. The first-order chi connectivity index (χ1) is 12.1. The molecule has 0 atom stereocenters. The van der Waals surface area contributed by atoms with Crippen LogP contribution in [0.3, 0.4) is 0 Å². The van der Waals surface area contributed by atoms with Crippen molar-refractivity contribution in [2.45, 2.75) is 26.2 Å². The first-order valence-electron chi connectivity index (χ1n) is 8.94. The summed E-state index contributed by atoms with van der Waals surface area (Å²) >= 11 is 1.73. The van der Waals surface area contributed by atoms with Crippen molar-refractivity contribution in [1.29, 1.82) is 0 Å². The first-order valence-corrected chi connectivity index (χ1v) is 9.76. The lowest BCUT2D eigenvalue weighted by molar-refractivity contribution is 0.335. The third-order valence-corrected chi connectivity index (χ3v) is 6.06. The van der Waals surface area contributed by atoms with Gasteiger partial charge in [0.05, 0.1) is 0 Å². The molecule has 0 aliphatic heterocycles. The SMILES string of the molecule is Cc1ccc(CCCCN(C)CCN)c2c(=O)c3ccccc3sc12. The Morgan fingerprint density at radius 3 is 2.68 bits per heavy atom. The second-order valence-electron chi connectivity index (χ2n) is 6.72. The highest BCUT2D eigenvalue weighted by atomic mass is 32.1. The lowest BCUT2D eigenvalue weighted by Gasteiger charge is -2.15. The van der Waals surface area contributed by atoms with Crippen molar-refractivity contribution in [3.8, 4) is 0 Å². The van der Waals surface area contributed by atoms with E-state index >= 15 is 0 Å². The Labute approximate surface area is 153 Å². The second kappa shape index (κ2) is 8.09. The van der Waals surface area contributed by atoms with Crippen LogP contribution in [0.2, 0.25) is 0 Å². The van der Waals surface area contributed by atoms with Crippen LogP contribution in [0.1, 0.15) is 24.0 Å². The fraction of sp³-hybridized carbons (Fsp3) is 0.381. The summed E-state index contributed by atoms with van der Waals surface area (Å²) in [6, 6.07) is 12.2. The van der Waals surface area contributed by atoms with Crippen molar-refractivity contribution in [1.82, 2.24) is 4.90 Å². The lowest BCUT2D eigenvalue weighted by atomic mass is 10.0. The van der Waals surface area contributed by atoms with Crippen molar-refractivity contribution in [2.24, 2.45) is 5.73 Å². The Morgan fingerprint density at radius 2 is 1.88 bits per heavy atom. The Hall–Kier alpha value is -1.75. The van der Waals surface area contributed by atoms with E-state index in [1.54, 1.807) is 11.3 Å². The molecule has 0 saturated carbocycles. The van der Waals surface area contributed by atoms with E-state index in [0.717, 1.165) is 52.5 Å². The number of rotatable bonds is 7. The molecule has 0 unspecified atom stereocenters. The van der Waals surface area contributed by atoms with Gasteiger partial charge in [0.25, 0.3) is 0 Å². The van der Waals surface area contributed by atoms with Crippen LogP contribution in [0.15, 0.2) is 41.2 Å². The van der Waals surface area contributed by atoms with Crippen molar-refractivity contribution in [3.63, 3.8) is 0 Å². The maximum atomic E-state index is 13.1. The molecule has 3 aromatic rings. The summed E-state index contributed by atoms with van der Waals surface area (Å²) in [5, 5.41) is 1.77. The zero-order chi connectivity index (χ0) is 17.8. The smallest absolute Gasteiger partial charge is 0.196 e. The Balaban J connectivity index is 1.90. The van der Waals surface area contributed by atoms with Gasteiger partial charge < -0.3 is 10.6 Å². The van der Waals surface area contributed by atoms with Gasteiger partial charge in [0.15, 0.2) is 5.43 Å². The summed E-state index contributed by atoms with van der Waals surface area (Å²) in [4.78, 5) is 15.3. The molecule has 2 N–H and O–H groups in total. The topological polar surface area (TPSA) is 46.3 Å². The molecule has 25 heavy (non-hydrogen) atoms. The van der Waals surface area contributed by atoms with Crippen molar-refractivity contribution in [2.75, 3.05) is 26.7 Å². The van der Waals surface area contributed by atoms with E-state index in [9.17, 15) is 4.79 Å². The molecule has 0 aliphatic rings. The largest absolute Gasteiger partial charge is 0.329 e. The molecule has 2 aromatic carbocycles. The predicted molar refractivity (Wildman–Crippen MR) is 110 cm³/mol. The van der Waals surface area contributed by atoms with Gasteiger partial charge in [-0.05, 0) is 63.0 Å². The number of unbranched alkanes of at least 4 members (excludes halogenated alkanes) is 1. The van der Waals surface area contributed by atoms with E-state index in [4.69, 9.17) is 5.73 Å². The molecule has 0 bridgehead atoms. The van der Waals surface area contributed by atoms with Crippen LogP contribution < -0.4 is 11.2 Å². The zero-order valence-corrected chi connectivity index (χ0v) is 15.9. The second-order valence-corrected chi connectivity index (χ2v) is 7.77. The van der Waals surface area contributed by atoms with Crippen LogP contribution in [0.5, 0.6) is 0 Å². The Kier molecular flexibility index (Phi) is 5.84. The van der Waals surface area contributed by atoms with Gasteiger partial charge in [-0.15, -0.1) is 11.3 Å². The third-order valence-electron chi connectivity index (χ3n) is 4.76. The third kappa shape index (κ3) is 3.92. The van der Waals surface area contributed by atoms with E-state index in [0.29, 0.717) is 6.54 Å². The fourth-order valence-electron chi connectivity index (χ4n) is 3.33. The minimum absolute atomic E-state index is 0.184. The number of hydrogen-bond donors (Lipinski definition) is 1. The number of nitrogens with two attached hydrogens (primary N) is 1. The highest BCUT2D eigenvalue weighted by Gasteiger charge is 2.11. The molecule has 0 saturated heterocycles. The van der Waals surface area contributed by atoms with Gasteiger partial charge in [0, 0.05) is 33.3 Å². The van der Waals surface area contributed by atoms with Crippen LogP contribution in [-0.4, -0.2) is 31.6 Å². The average molecular weight is 355 g/mol. The number of hydrogen-bond acceptors (Lipinski definition) is 4. The van der Waals surface area contributed by atoms with Gasteiger partial charge in [0.2, 0.25) is 0 Å². The molecule has 4 heteroatoms. The highest BCUT2D eigenvalue weighted by Crippen LogP contribution is 2.29. The minimum Gasteiger partial charge on any atom is -0.329 e. The van der Waals surface area contributed by atoms with Crippen LogP contribution >= 0.6 is 11.3 Å². The average Bonchev–Trinajstić information content (AvgIpc) is 2.61. The molecular formula is C21H26N2OS. The van der Waals surface area contributed by atoms with E-state index in [-0.39, 0.29) is 5.43 Å².